The number of ether oxygens (including phenoxy) is 1. The molecule has 0 atom stereocenters. The predicted molar refractivity (Wildman–Crippen MR) is 113 cm³/mol. The summed E-state index contributed by atoms with van der Waals surface area (Å²) in [7, 11) is 1.59. The molecule has 1 aliphatic rings. The van der Waals surface area contributed by atoms with Gasteiger partial charge >= 0.3 is 0 Å². The van der Waals surface area contributed by atoms with Gasteiger partial charge in [0, 0.05) is 29.5 Å². The number of amides is 2. The first-order valence-electron chi connectivity index (χ1n) is 9.58. The van der Waals surface area contributed by atoms with Gasteiger partial charge in [0.2, 0.25) is 5.91 Å². The van der Waals surface area contributed by atoms with Crippen molar-refractivity contribution >= 4 is 29.3 Å². The lowest BCUT2D eigenvalue weighted by atomic mass is 9.95. The fraction of sp³-hybridized carbons (Fsp3) is 0.364. The molecule has 0 saturated carbocycles. The van der Waals surface area contributed by atoms with E-state index in [0.717, 1.165) is 16.3 Å². The van der Waals surface area contributed by atoms with Gasteiger partial charge in [-0.25, -0.2) is 0 Å². The van der Waals surface area contributed by atoms with Crippen molar-refractivity contribution in [2.45, 2.75) is 24.7 Å². The number of benzene rings is 2. The second kappa shape index (κ2) is 9.64. The monoisotopic (exact) mass is 398 g/mol. The summed E-state index contributed by atoms with van der Waals surface area (Å²) in [6.07, 6.45) is 1.34. The van der Waals surface area contributed by atoms with E-state index in [4.69, 9.17) is 4.74 Å². The topological polar surface area (TPSA) is 58.6 Å². The second-order valence-electron chi connectivity index (χ2n) is 6.72. The van der Waals surface area contributed by atoms with Crippen LogP contribution in [0.15, 0.2) is 53.4 Å². The maximum Gasteiger partial charge on any atom is 0.253 e. The van der Waals surface area contributed by atoms with Crippen molar-refractivity contribution in [1.29, 1.82) is 0 Å². The number of nitrogens with zero attached hydrogens (tertiary/aromatic N) is 1. The molecule has 0 aromatic heterocycles. The zero-order valence-corrected chi connectivity index (χ0v) is 17.1. The van der Waals surface area contributed by atoms with E-state index in [1.165, 1.54) is 0 Å². The summed E-state index contributed by atoms with van der Waals surface area (Å²) in [6, 6.07) is 15.1. The number of hydrogen-bond donors (Lipinski definition) is 1. The van der Waals surface area contributed by atoms with Crippen molar-refractivity contribution < 1.29 is 14.3 Å². The largest absolute Gasteiger partial charge is 0.497 e. The number of anilines is 1. The zero-order valence-electron chi connectivity index (χ0n) is 16.3. The molecule has 1 fully saturated rings. The van der Waals surface area contributed by atoms with Crippen molar-refractivity contribution in [2.24, 2.45) is 5.92 Å². The molecule has 1 aliphatic heterocycles. The van der Waals surface area contributed by atoms with Crippen LogP contribution in [0.4, 0.5) is 5.69 Å². The normalized spacial score (nSPS) is 14.6. The molecule has 2 aromatic rings. The van der Waals surface area contributed by atoms with Gasteiger partial charge in [-0.1, -0.05) is 25.1 Å². The number of nitrogens with one attached hydrogen (secondary N) is 1. The number of rotatable bonds is 6. The van der Waals surface area contributed by atoms with Crippen LogP contribution >= 0.6 is 11.8 Å². The van der Waals surface area contributed by atoms with Crippen LogP contribution in [0.1, 0.15) is 30.1 Å². The third kappa shape index (κ3) is 4.87. The van der Waals surface area contributed by atoms with Crippen molar-refractivity contribution in [2.75, 3.05) is 31.3 Å². The van der Waals surface area contributed by atoms with Crippen LogP contribution < -0.4 is 10.1 Å². The maximum absolute atomic E-state index is 12.7. The molecule has 0 bridgehead atoms. The van der Waals surface area contributed by atoms with Crippen molar-refractivity contribution in [3.05, 3.63) is 54.1 Å². The van der Waals surface area contributed by atoms with E-state index in [9.17, 15) is 9.59 Å². The summed E-state index contributed by atoms with van der Waals surface area (Å²) in [6.45, 7) is 3.26. The Balaban J connectivity index is 1.57. The maximum atomic E-state index is 12.7. The lowest BCUT2D eigenvalue weighted by Crippen LogP contribution is -2.41. The van der Waals surface area contributed by atoms with Crippen LogP contribution in [0.3, 0.4) is 0 Å². The molecule has 0 unspecified atom stereocenters. The molecule has 2 amide bonds. The molecular formula is C22H26N2O3S. The average Bonchev–Trinajstić information content (AvgIpc) is 2.75. The van der Waals surface area contributed by atoms with Crippen LogP contribution in [0.25, 0.3) is 0 Å². The van der Waals surface area contributed by atoms with E-state index < -0.39 is 0 Å². The highest BCUT2D eigenvalue weighted by Gasteiger charge is 2.28. The van der Waals surface area contributed by atoms with E-state index >= 15 is 0 Å². The van der Waals surface area contributed by atoms with E-state index in [1.807, 2.05) is 41.3 Å². The minimum absolute atomic E-state index is 0.0116. The first-order chi connectivity index (χ1) is 13.6. The molecule has 6 heteroatoms. The number of thioether (sulfide) groups is 1. The Morgan fingerprint density at radius 1 is 1.14 bits per heavy atom. The predicted octanol–water partition coefficient (Wildman–Crippen LogP) is 4.30. The Morgan fingerprint density at radius 3 is 2.61 bits per heavy atom. The van der Waals surface area contributed by atoms with E-state index in [1.54, 1.807) is 31.0 Å². The summed E-state index contributed by atoms with van der Waals surface area (Å²) >= 11 is 1.72. The average molecular weight is 399 g/mol. The highest BCUT2D eigenvalue weighted by molar-refractivity contribution is 7.99. The molecule has 28 heavy (non-hydrogen) atoms. The Hall–Kier alpha value is -2.47. The quantitative estimate of drug-likeness (QED) is 0.737. The molecule has 3 rings (SSSR count). The highest BCUT2D eigenvalue weighted by atomic mass is 32.2. The van der Waals surface area contributed by atoms with Gasteiger partial charge in [-0.3, -0.25) is 9.59 Å². The summed E-state index contributed by atoms with van der Waals surface area (Å²) in [5.74, 6) is 1.58. The highest BCUT2D eigenvalue weighted by Crippen LogP contribution is 2.28. The summed E-state index contributed by atoms with van der Waals surface area (Å²) in [5.41, 5.74) is 1.49. The van der Waals surface area contributed by atoms with Crippen LogP contribution in [0.2, 0.25) is 0 Å². The molecule has 0 spiro atoms. The summed E-state index contributed by atoms with van der Waals surface area (Å²) in [4.78, 5) is 28.3. The van der Waals surface area contributed by atoms with Crippen molar-refractivity contribution in [3.8, 4) is 5.75 Å². The van der Waals surface area contributed by atoms with Gasteiger partial charge in [0.05, 0.1) is 12.8 Å². The molecule has 0 aliphatic carbocycles. The number of carbonyl (C=O) groups is 2. The van der Waals surface area contributed by atoms with Gasteiger partial charge in [0.25, 0.3) is 5.91 Å². The number of piperidine rings is 1. The molecule has 148 valence electrons. The Bertz CT molecular complexity index is 832. The van der Waals surface area contributed by atoms with E-state index in [-0.39, 0.29) is 17.7 Å². The molecule has 1 N–H and O–H groups in total. The lowest BCUT2D eigenvalue weighted by molar-refractivity contribution is -0.121. The third-order valence-electron chi connectivity index (χ3n) is 4.91. The van der Waals surface area contributed by atoms with Crippen LogP contribution in [-0.4, -0.2) is 42.7 Å². The van der Waals surface area contributed by atoms with Crippen LogP contribution in [0.5, 0.6) is 5.75 Å². The van der Waals surface area contributed by atoms with Gasteiger partial charge in [0.1, 0.15) is 5.75 Å². The number of methoxy groups -OCH3 is 1. The lowest BCUT2D eigenvalue weighted by Gasteiger charge is -2.31. The van der Waals surface area contributed by atoms with Gasteiger partial charge in [-0.15, -0.1) is 11.8 Å². The van der Waals surface area contributed by atoms with Crippen LogP contribution in [-0.2, 0) is 4.79 Å². The fourth-order valence-corrected chi connectivity index (χ4v) is 4.13. The van der Waals surface area contributed by atoms with Gasteiger partial charge in [-0.2, -0.15) is 0 Å². The Kier molecular flexibility index (Phi) is 6.98. The first kappa shape index (κ1) is 20.3. The van der Waals surface area contributed by atoms with Crippen molar-refractivity contribution in [1.82, 2.24) is 4.90 Å². The standard InChI is InChI=1S/C22H26N2O3S/c1-3-28-20-10-5-4-9-19(20)23-21(25)16-11-13-24(14-12-16)22(26)17-7-6-8-18(15-17)27-2/h4-10,15-16H,3,11-14H2,1-2H3,(H,23,25). The fourth-order valence-electron chi connectivity index (χ4n) is 3.37. The smallest absolute Gasteiger partial charge is 0.253 e. The molecule has 5 nitrogen and oxygen atoms in total. The molecule has 2 aromatic carbocycles. The van der Waals surface area contributed by atoms with Gasteiger partial charge in [0.15, 0.2) is 0 Å². The van der Waals surface area contributed by atoms with Crippen molar-refractivity contribution in [3.63, 3.8) is 0 Å². The van der Waals surface area contributed by atoms with Gasteiger partial charge in [-0.05, 0) is 48.9 Å². The first-order valence-corrected chi connectivity index (χ1v) is 10.6. The molecule has 1 saturated heterocycles. The Morgan fingerprint density at radius 2 is 1.89 bits per heavy atom. The van der Waals surface area contributed by atoms with Crippen LogP contribution in [0, 0.1) is 5.92 Å². The molecule has 1 heterocycles. The number of likely N-dealkylation sites (tertiary alicyclic amines) is 1. The van der Waals surface area contributed by atoms with E-state index in [0.29, 0.717) is 37.2 Å². The summed E-state index contributed by atoms with van der Waals surface area (Å²) < 4.78 is 5.20. The molecule has 0 radical (unpaired) electrons. The summed E-state index contributed by atoms with van der Waals surface area (Å²) in [5, 5.41) is 3.08. The number of carbonyl (C=O) groups excluding carboxylic acids is 2. The number of para-hydroxylation sites is 1. The Labute approximate surface area is 170 Å². The SMILES string of the molecule is CCSc1ccccc1NC(=O)C1CCN(C(=O)c2cccc(OC)c2)CC1. The number of hydrogen-bond acceptors (Lipinski definition) is 4. The van der Waals surface area contributed by atoms with Gasteiger partial charge < -0.3 is 15.0 Å². The molecular weight excluding hydrogens is 372 g/mol. The minimum Gasteiger partial charge on any atom is -0.497 e. The zero-order chi connectivity index (χ0) is 19.9. The minimum atomic E-state index is -0.0750. The third-order valence-corrected chi connectivity index (χ3v) is 5.87. The second-order valence-corrected chi connectivity index (χ2v) is 8.02. The van der Waals surface area contributed by atoms with E-state index in [2.05, 4.69) is 12.2 Å².